The van der Waals surface area contributed by atoms with Gasteiger partial charge < -0.3 is 0 Å². The Kier molecular flexibility index (Phi) is 3.68. The Morgan fingerprint density at radius 2 is 1.30 bits per heavy atom. The van der Waals surface area contributed by atoms with Crippen LogP contribution >= 0.6 is 0 Å². The van der Waals surface area contributed by atoms with Gasteiger partial charge in [0, 0.05) is 12.2 Å². The second-order valence-electron chi connectivity index (χ2n) is 1.91. The molecular weight excluding hydrogens is 124 g/mol. The molecular formula is C8H8N2. The van der Waals surface area contributed by atoms with Crippen LogP contribution in [0.15, 0.2) is 23.3 Å². The van der Waals surface area contributed by atoms with Gasteiger partial charge in [0.25, 0.3) is 0 Å². The van der Waals surface area contributed by atoms with Crippen molar-refractivity contribution < 1.29 is 0 Å². The van der Waals surface area contributed by atoms with Crippen molar-refractivity contribution in [2.24, 2.45) is 0 Å². The van der Waals surface area contributed by atoms with Crippen LogP contribution in [-0.4, -0.2) is 0 Å². The molecule has 2 heteroatoms. The second-order valence-corrected chi connectivity index (χ2v) is 1.91. The lowest BCUT2D eigenvalue weighted by Crippen LogP contribution is -1.76. The van der Waals surface area contributed by atoms with Crippen molar-refractivity contribution in [3.8, 4) is 12.1 Å². The van der Waals surface area contributed by atoms with Gasteiger partial charge in [0.05, 0.1) is 12.1 Å². The second kappa shape index (κ2) is 4.35. The Labute approximate surface area is 60.7 Å². The molecule has 0 N–H and O–H groups in total. The average Bonchev–Trinajstić information content (AvgIpc) is 1.89. The van der Waals surface area contributed by atoms with E-state index in [9.17, 15) is 0 Å². The van der Waals surface area contributed by atoms with Gasteiger partial charge in [0.2, 0.25) is 0 Å². The molecule has 0 saturated carbocycles. The van der Waals surface area contributed by atoms with Crippen molar-refractivity contribution in [3.05, 3.63) is 23.3 Å². The van der Waals surface area contributed by atoms with Gasteiger partial charge in [-0.2, -0.15) is 10.5 Å². The van der Waals surface area contributed by atoms with Gasteiger partial charge in [0.15, 0.2) is 0 Å². The molecule has 0 aromatic carbocycles. The van der Waals surface area contributed by atoms with Crippen LogP contribution in [0.3, 0.4) is 0 Å². The van der Waals surface area contributed by atoms with E-state index in [4.69, 9.17) is 10.5 Å². The van der Waals surface area contributed by atoms with Crippen molar-refractivity contribution in [1.82, 2.24) is 0 Å². The summed E-state index contributed by atoms with van der Waals surface area (Å²) in [6, 6.07) is 3.79. The zero-order chi connectivity index (χ0) is 7.98. The Bertz CT molecular complexity index is 217. The van der Waals surface area contributed by atoms with Crippen LogP contribution < -0.4 is 0 Å². The molecule has 0 fully saturated rings. The standard InChI is InChI=1S/C8H8N2/c1-7(3-5-9)8(2)4-6-10/h3-4H,1-2H3/b7-3-,8-4+. The summed E-state index contributed by atoms with van der Waals surface area (Å²) in [7, 11) is 0. The van der Waals surface area contributed by atoms with Crippen molar-refractivity contribution in [2.75, 3.05) is 0 Å². The minimum absolute atomic E-state index is 0.837. The molecule has 0 atom stereocenters. The van der Waals surface area contributed by atoms with E-state index in [0.29, 0.717) is 0 Å². The SMILES string of the molecule is CC(=C/C#N)/C(C)=C/C#N. The van der Waals surface area contributed by atoms with E-state index in [1.54, 1.807) is 13.8 Å². The topological polar surface area (TPSA) is 47.6 Å². The summed E-state index contributed by atoms with van der Waals surface area (Å²) in [6.07, 6.45) is 2.84. The lowest BCUT2D eigenvalue weighted by molar-refractivity contribution is 1.34. The minimum Gasteiger partial charge on any atom is -0.193 e. The Balaban J connectivity index is 4.43. The molecule has 2 nitrogen and oxygen atoms in total. The molecule has 0 aliphatic heterocycles. The Morgan fingerprint density at radius 1 is 1.00 bits per heavy atom. The van der Waals surface area contributed by atoms with Crippen LogP contribution in [0.2, 0.25) is 0 Å². The number of hydrogen-bond acceptors (Lipinski definition) is 2. The van der Waals surface area contributed by atoms with E-state index in [-0.39, 0.29) is 0 Å². The van der Waals surface area contributed by atoms with Gasteiger partial charge in [-0.15, -0.1) is 0 Å². The van der Waals surface area contributed by atoms with E-state index in [1.807, 2.05) is 12.1 Å². The number of nitrogens with zero attached hydrogens (tertiary/aromatic N) is 2. The molecule has 0 aliphatic carbocycles. The van der Waals surface area contributed by atoms with E-state index >= 15 is 0 Å². The highest BCUT2D eigenvalue weighted by Crippen LogP contribution is 2.05. The first-order valence-electron chi connectivity index (χ1n) is 2.85. The van der Waals surface area contributed by atoms with Gasteiger partial charge in [-0.25, -0.2) is 0 Å². The molecule has 50 valence electrons. The van der Waals surface area contributed by atoms with Crippen LogP contribution in [0.4, 0.5) is 0 Å². The smallest absolute Gasteiger partial charge is 0.0914 e. The predicted octanol–water partition coefficient (Wildman–Crippen LogP) is 1.93. The van der Waals surface area contributed by atoms with Crippen molar-refractivity contribution in [3.63, 3.8) is 0 Å². The van der Waals surface area contributed by atoms with Gasteiger partial charge in [-0.1, -0.05) is 0 Å². The molecule has 0 bridgehead atoms. The molecule has 0 amide bonds. The number of hydrogen-bond donors (Lipinski definition) is 0. The third-order valence-corrected chi connectivity index (χ3v) is 1.18. The molecule has 0 aromatic heterocycles. The fraction of sp³-hybridized carbons (Fsp3) is 0.250. The molecule has 0 unspecified atom stereocenters. The van der Waals surface area contributed by atoms with Crippen LogP contribution in [0, 0.1) is 22.7 Å². The summed E-state index contributed by atoms with van der Waals surface area (Å²) in [5, 5.41) is 16.4. The van der Waals surface area contributed by atoms with Crippen LogP contribution in [0.25, 0.3) is 0 Å². The summed E-state index contributed by atoms with van der Waals surface area (Å²) < 4.78 is 0. The maximum absolute atomic E-state index is 8.22. The molecule has 0 heterocycles. The van der Waals surface area contributed by atoms with Crippen LogP contribution in [0.1, 0.15) is 13.8 Å². The summed E-state index contributed by atoms with van der Waals surface area (Å²) in [5.41, 5.74) is 1.67. The van der Waals surface area contributed by atoms with E-state index < -0.39 is 0 Å². The molecule has 0 spiro atoms. The Morgan fingerprint density at radius 3 is 1.50 bits per heavy atom. The maximum Gasteiger partial charge on any atom is 0.0914 e. The summed E-state index contributed by atoms with van der Waals surface area (Å²) >= 11 is 0. The van der Waals surface area contributed by atoms with Crippen LogP contribution in [0.5, 0.6) is 0 Å². The van der Waals surface area contributed by atoms with E-state index in [2.05, 4.69) is 0 Å². The maximum atomic E-state index is 8.22. The molecule has 0 radical (unpaired) electrons. The third kappa shape index (κ3) is 2.69. The first kappa shape index (κ1) is 8.46. The lowest BCUT2D eigenvalue weighted by Gasteiger charge is -1.92. The highest BCUT2D eigenvalue weighted by atomic mass is 14.2. The largest absolute Gasteiger partial charge is 0.193 e. The molecule has 10 heavy (non-hydrogen) atoms. The fourth-order valence-corrected chi connectivity index (χ4v) is 0.421. The minimum atomic E-state index is 0.837. The summed E-state index contributed by atoms with van der Waals surface area (Å²) in [6.45, 7) is 3.60. The van der Waals surface area contributed by atoms with Gasteiger partial charge >= 0.3 is 0 Å². The average molecular weight is 132 g/mol. The number of rotatable bonds is 1. The van der Waals surface area contributed by atoms with E-state index in [0.717, 1.165) is 11.1 Å². The summed E-state index contributed by atoms with van der Waals surface area (Å²) in [5.74, 6) is 0. The van der Waals surface area contributed by atoms with Crippen molar-refractivity contribution >= 4 is 0 Å². The fourth-order valence-electron chi connectivity index (χ4n) is 0.421. The summed E-state index contributed by atoms with van der Waals surface area (Å²) in [4.78, 5) is 0. The molecule has 0 saturated heterocycles. The third-order valence-electron chi connectivity index (χ3n) is 1.18. The van der Waals surface area contributed by atoms with Gasteiger partial charge in [0.1, 0.15) is 0 Å². The van der Waals surface area contributed by atoms with Crippen LogP contribution in [-0.2, 0) is 0 Å². The van der Waals surface area contributed by atoms with Crippen molar-refractivity contribution in [2.45, 2.75) is 13.8 Å². The molecule has 0 aromatic rings. The highest BCUT2D eigenvalue weighted by Gasteiger charge is 1.89. The zero-order valence-electron chi connectivity index (χ0n) is 6.05. The highest BCUT2D eigenvalue weighted by molar-refractivity contribution is 5.34. The first-order chi connectivity index (χ1) is 4.72. The predicted molar refractivity (Wildman–Crippen MR) is 38.7 cm³/mol. The van der Waals surface area contributed by atoms with Gasteiger partial charge in [-0.05, 0) is 25.0 Å². The monoisotopic (exact) mass is 132 g/mol. The van der Waals surface area contributed by atoms with E-state index in [1.165, 1.54) is 12.2 Å². The first-order valence-corrected chi connectivity index (χ1v) is 2.85. The molecule has 0 rings (SSSR count). The Hall–Kier alpha value is -1.54. The number of allylic oxidation sites excluding steroid dienone is 4. The molecule has 0 aliphatic rings. The quantitative estimate of drug-likeness (QED) is 0.404. The van der Waals surface area contributed by atoms with Crippen molar-refractivity contribution in [1.29, 1.82) is 10.5 Å². The number of nitriles is 2. The lowest BCUT2D eigenvalue weighted by atomic mass is 10.1. The normalized spacial score (nSPS) is 12.0. The zero-order valence-corrected chi connectivity index (χ0v) is 6.05. The van der Waals surface area contributed by atoms with Gasteiger partial charge in [-0.3, -0.25) is 0 Å².